The number of hydrogen-bond acceptors (Lipinski definition) is 3. The molecule has 0 aromatic carbocycles. The summed E-state index contributed by atoms with van der Waals surface area (Å²) >= 11 is 9.02. The van der Waals surface area contributed by atoms with Crippen molar-refractivity contribution in [3.8, 4) is 0 Å². The summed E-state index contributed by atoms with van der Waals surface area (Å²) in [5, 5.41) is 7.70. The van der Waals surface area contributed by atoms with Crippen LogP contribution in [0.25, 0.3) is 5.65 Å². The van der Waals surface area contributed by atoms with Crippen LogP contribution in [0.2, 0.25) is 0 Å². The molecule has 0 aliphatic heterocycles. The van der Waals surface area contributed by atoms with Crippen molar-refractivity contribution in [2.75, 3.05) is 11.9 Å². The molecule has 0 radical (unpaired) electrons. The van der Waals surface area contributed by atoms with Crippen LogP contribution in [0.15, 0.2) is 34.4 Å². The Kier molecular flexibility index (Phi) is 2.93. The highest BCUT2D eigenvalue weighted by molar-refractivity contribution is 9.10. The van der Waals surface area contributed by atoms with Gasteiger partial charge in [-0.1, -0.05) is 18.2 Å². The summed E-state index contributed by atoms with van der Waals surface area (Å²) in [6, 6.07) is 3.80. The molecule has 1 N–H and O–H groups in total. The van der Waals surface area contributed by atoms with Gasteiger partial charge in [0.05, 0.1) is 11.0 Å². The van der Waals surface area contributed by atoms with Crippen molar-refractivity contribution >= 4 is 39.1 Å². The molecule has 0 bridgehead atoms. The van der Waals surface area contributed by atoms with Crippen LogP contribution in [0.3, 0.4) is 0 Å². The number of hydrogen-bond donors (Lipinski definition) is 1. The zero-order chi connectivity index (χ0) is 10.8. The van der Waals surface area contributed by atoms with E-state index in [2.05, 4.69) is 37.9 Å². The third-order valence-corrected chi connectivity index (χ3v) is 2.51. The SMILES string of the molecule is C=C(Cl)CNc1nc2c(Br)cccn2n1. The second kappa shape index (κ2) is 4.20. The van der Waals surface area contributed by atoms with Gasteiger partial charge in [-0.25, -0.2) is 4.52 Å². The van der Waals surface area contributed by atoms with E-state index in [1.54, 1.807) is 4.52 Å². The Morgan fingerprint density at radius 1 is 1.67 bits per heavy atom. The van der Waals surface area contributed by atoms with E-state index in [4.69, 9.17) is 11.6 Å². The van der Waals surface area contributed by atoms with Gasteiger partial charge in [-0.2, -0.15) is 4.98 Å². The van der Waals surface area contributed by atoms with Gasteiger partial charge in [0.1, 0.15) is 0 Å². The third kappa shape index (κ3) is 2.30. The quantitative estimate of drug-likeness (QED) is 0.944. The fourth-order valence-electron chi connectivity index (χ4n) is 1.12. The van der Waals surface area contributed by atoms with E-state index in [1.807, 2.05) is 18.3 Å². The molecular formula is C9H8BrClN4. The van der Waals surface area contributed by atoms with Crippen LogP contribution in [0, 0.1) is 0 Å². The maximum absolute atomic E-state index is 5.63. The minimum absolute atomic E-state index is 0.454. The second-order valence-corrected chi connectivity index (χ2v) is 4.32. The molecule has 15 heavy (non-hydrogen) atoms. The first-order valence-electron chi connectivity index (χ1n) is 4.25. The van der Waals surface area contributed by atoms with Gasteiger partial charge in [-0.3, -0.25) is 0 Å². The molecule has 6 heteroatoms. The minimum Gasteiger partial charge on any atom is -0.348 e. The lowest BCUT2D eigenvalue weighted by Gasteiger charge is -1.96. The average molecular weight is 288 g/mol. The van der Waals surface area contributed by atoms with Gasteiger partial charge in [-0.15, -0.1) is 5.10 Å². The Balaban J connectivity index is 2.31. The van der Waals surface area contributed by atoms with Crippen molar-refractivity contribution in [2.24, 2.45) is 0 Å². The van der Waals surface area contributed by atoms with Crippen LogP contribution >= 0.6 is 27.5 Å². The van der Waals surface area contributed by atoms with Crippen LogP contribution in [-0.4, -0.2) is 21.1 Å². The van der Waals surface area contributed by atoms with E-state index in [1.165, 1.54) is 0 Å². The van der Waals surface area contributed by atoms with Crippen molar-refractivity contribution in [2.45, 2.75) is 0 Å². The van der Waals surface area contributed by atoms with E-state index in [0.29, 0.717) is 17.5 Å². The molecule has 0 fully saturated rings. The number of fused-ring (bicyclic) bond motifs is 1. The Labute approximate surface area is 100 Å². The fraction of sp³-hybridized carbons (Fsp3) is 0.111. The lowest BCUT2D eigenvalue weighted by Crippen LogP contribution is -2.02. The van der Waals surface area contributed by atoms with Crippen molar-refractivity contribution < 1.29 is 0 Å². The summed E-state index contributed by atoms with van der Waals surface area (Å²) in [5.74, 6) is 0.531. The number of nitrogens with one attached hydrogen (secondary N) is 1. The van der Waals surface area contributed by atoms with Crippen molar-refractivity contribution in [1.82, 2.24) is 14.6 Å². The third-order valence-electron chi connectivity index (χ3n) is 1.75. The van der Waals surface area contributed by atoms with Crippen molar-refractivity contribution in [3.05, 3.63) is 34.4 Å². The molecule has 0 saturated carbocycles. The zero-order valence-corrected chi connectivity index (χ0v) is 10.1. The van der Waals surface area contributed by atoms with Gasteiger partial charge in [-0.05, 0) is 28.1 Å². The molecule has 0 spiro atoms. The Bertz CT molecular complexity index is 508. The lowest BCUT2D eigenvalue weighted by molar-refractivity contribution is 0.956. The summed E-state index contributed by atoms with van der Waals surface area (Å²) in [6.45, 7) is 4.03. The zero-order valence-electron chi connectivity index (χ0n) is 7.74. The van der Waals surface area contributed by atoms with Crippen LogP contribution in [0.5, 0.6) is 0 Å². The summed E-state index contributed by atoms with van der Waals surface area (Å²) in [6.07, 6.45) is 1.83. The van der Waals surface area contributed by atoms with Gasteiger partial charge in [0.2, 0.25) is 5.95 Å². The summed E-state index contributed by atoms with van der Waals surface area (Å²) in [7, 11) is 0. The standard InChI is InChI=1S/C9H8BrClN4/c1-6(11)5-12-9-13-8-7(10)3-2-4-15(8)14-9/h2-4H,1,5H2,(H,12,14). The van der Waals surface area contributed by atoms with Gasteiger partial charge >= 0.3 is 0 Å². The predicted molar refractivity (Wildman–Crippen MR) is 64.2 cm³/mol. The van der Waals surface area contributed by atoms with Gasteiger partial charge in [0, 0.05) is 11.2 Å². The smallest absolute Gasteiger partial charge is 0.243 e. The van der Waals surface area contributed by atoms with Crippen LogP contribution in [0.4, 0.5) is 5.95 Å². The maximum Gasteiger partial charge on any atom is 0.243 e. The number of pyridine rings is 1. The number of rotatable bonds is 3. The Morgan fingerprint density at radius 2 is 2.47 bits per heavy atom. The van der Waals surface area contributed by atoms with Crippen molar-refractivity contribution in [1.29, 1.82) is 0 Å². The Hall–Kier alpha value is -1.07. The highest BCUT2D eigenvalue weighted by atomic mass is 79.9. The lowest BCUT2D eigenvalue weighted by atomic mass is 10.5. The van der Waals surface area contributed by atoms with Crippen molar-refractivity contribution in [3.63, 3.8) is 0 Å². The molecule has 0 unspecified atom stereocenters. The minimum atomic E-state index is 0.454. The monoisotopic (exact) mass is 286 g/mol. The average Bonchev–Trinajstić information content (AvgIpc) is 2.59. The Morgan fingerprint density at radius 3 is 3.13 bits per heavy atom. The largest absolute Gasteiger partial charge is 0.348 e. The molecular weight excluding hydrogens is 279 g/mol. The molecule has 2 rings (SSSR count). The number of nitrogens with zero attached hydrogens (tertiary/aromatic N) is 3. The molecule has 2 aromatic rings. The maximum atomic E-state index is 5.63. The molecule has 78 valence electrons. The highest BCUT2D eigenvalue weighted by Gasteiger charge is 2.05. The van der Waals surface area contributed by atoms with E-state index < -0.39 is 0 Å². The van der Waals surface area contributed by atoms with E-state index in [0.717, 1.165) is 10.1 Å². The van der Waals surface area contributed by atoms with E-state index in [-0.39, 0.29) is 0 Å². The summed E-state index contributed by atoms with van der Waals surface area (Å²) in [5.41, 5.74) is 0.764. The topological polar surface area (TPSA) is 42.2 Å². The second-order valence-electron chi connectivity index (χ2n) is 2.93. The van der Waals surface area contributed by atoms with E-state index in [9.17, 15) is 0 Å². The first-order chi connectivity index (χ1) is 7.16. The first kappa shape index (κ1) is 10.4. The normalized spacial score (nSPS) is 10.5. The molecule has 2 heterocycles. The predicted octanol–water partition coefficient (Wildman–Crippen LogP) is 2.66. The van der Waals surface area contributed by atoms with Crippen LogP contribution in [0.1, 0.15) is 0 Å². The van der Waals surface area contributed by atoms with Crippen LogP contribution < -0.4 is 5.32 Å². The fourth-order valence-corrected chi connectivity index (χ4v) is 1.61. The molecule has 0 aliphatic carbocycles. The molecule has 0 saturated heterocycles. The summed E-state index contributed by atoms with van der Waals surface area (Å²) < 4.78 is 2.58. The highest BCUT2D eigenvalue weighted by Crippen LogP contribution is 2.16. The number of aromatic nitrogens is 3. The molecule has 2 aromatic heterocycles. The first-order valence-corrected chi connectivity index (χ1v) is 5.42. The van der Waals surface area contributed by atoms with E-state index >= 15 is 0 Å². The molecule has 0 aliphatic rings. The number of halogens is 2. The molecule has 0 atom stereocenters. The van der Waals surface area contributed by atoms with Gasteiger partial charge < -0.3 is 5.32 Å². The van der Waals surface area contributed by atoms with Gasteiger partial charge in [0.25, 0.3) is 0 Å². The molecule has 4 nitrogen and oxygen atoms in total. The summed E-state index contributed by atoms with van der Waals surface area (Å²) in [4.78, 5) is 4.28. The van der Waals surface area contributed by atoms with Crippen LogP contribution in [-0.2, 0) is 0 Å². The number of anilines is 1. The van der Waals surface area contributed by atoms with Gasteiger partial charge in [0.15, 0.2) is 5.65 Å². The molecule has 0 amide bonds.